The van der Waals surface area contributed by atoms with E-state index in [1.54, 1.807) is 0 Å². The third kappa shape index (κ3) is 4.86. The Morgan fingerprint density at radius 1 is 1.24 bits per heavy atom. The van der Waals surface area contributed by atoms with E-state index < -0.39 is 0 Å². The molecule has 0 radical (unpaired) electrons. The van der Waals surface area contributed by atoms with Crippen molar-refractivity contribution in [2.45, 2.75) is 18.8 Å². The van der Waals surface area contributed by atoms with E-state index in [1.165, 1.54) is 7.11 Å². The molecule has 1 aliphatic rings. The second-order valence-electron chi connectivity index (χ2n) is 5.26. The zero-order chi connectivity index (χ0) is 15.1. The summed E-state index contributed by atoms with van der Waals surface area (Å²) in [4.78, 5) is 23.3. The molecule has 2 rings (SSSR count). The normalized spacial score (nSPS) is 15.3. The summed E-state index contributed by atoms with van der Waals surface area (Å²) in [7, 11) is 1.40. The van der Waals surface area contributed by atoms with Gasteiger partial charge in [-0.2, -0.15) is 0 Å². The summed E-state index contributed by atoms with van der Waals surface area (Å²) in [6.07, 6.45) is 2.02. The van der Waals surface area contributed by atoms with Crippen LogP contribution in [0.15, 0.2) is 30.3 Å². The van der Waals surface area contributed by atoms with E-state index in [2.05, 4.69) is 10.6 Å². The molecule has 2 N–H and O–H groups in total. The maximum Gasteiger partial charge on any atom is 0.314 e. The van der Waals surface area contributed by atoms with E-state index >= 15 is 0 Å². The molecule has 1 aromatic rings. The van der Waals surface area contributed by atoms with Crippen LogP contribution in [0.1, 0.15) is 24.3 Å². The van der Waals surface area contributed by atoms with Crippen LogP contribution < -0.4 is 10.6 Å². The van der Waals surface area contributed by atoms with Crippen molar-refractivity contribution < 1.29 is 14.3 Å². The zero-order valence-corrected chi connectivity index (χ0v) is 12.3. The summed E-state index contributed by atoms with van der Waals surface area (Å²) in [6, 6.07) is 9.55. The average Bonchev–Trinajstić information content (AvgIpc) is 3.35. The first-order valence-corrected chi connectivity index (χ1v) is 7.33. The molecule has 0 bridgehead atoms. The van der Waals surface area contributed by atoms with Crippen LogP contribution in [0.3, 0.4) is 0 Å². The van der Waals surface area contributed by atoms with E-state index in [0.717, 1.165) is 18.4 Å². The highest BCUT2D eigenvalue weighted by Crippen LogP contribution is 2.28. The molecular weight excluding hydrogens is 268 g/mol. The molecule has 1 atom stereocenters. The number of nitrogens with one attached hydrogen (secondary N) is 2. The molecule has 0 spiro atoms. The van der Waals surface area contributed by atoms with E-state index in [4.69, 9.17) is 4.74 Å². The molecule has 0 saturated heterocycles. The number of ether oxygens (including phenoxy) is 1. The number of amides is 1. The van der Waals surface area contributed by atoms with E-state index in [9.17, 15) is 9.59 Å². The van der Waals surface area contributed by atoms with Crippen molar-refractivity contribution in [2.75, 3.05) is 26.7 Å². The van der Waals surface area contributed by atoms with Gasteiger partial charge in [-0.15, -0.1) is 0 Å². The van der Waals surface area contributed by atoms with Crippen molar-refractivity contribution in [1.82, 2.24) is 10.6 Å². The van der Waals surface area contributed by atoms with Gasteiger partial charge >= 0.3 is 5.97 Å². The molecule has 0 aliphatic heterocycles. The van der Waals surface area contributed by atoms with Crippen molar-refractivity contribution >= 4 is 11.9 Å². The summed E-state index contributed by atoms with van der Waals surface area (Å²) in [5, 5.41) is 6.08. The molecule has 0 aromatic heterocycles. The SMILES string of the molecule is COC(=O)C(CNCCNC(=O)C1CC1)c1ccccc1. The first-order chi connectivity index (χ1) is 10.2. The van der Waals surface area contributed by atoms with Crippen LogP contribution in [-0.2, 0) is 14.3 Å². The molecule has 5 nitrogen and oxygen atoms in total. The lowest BCUT2D eigenvalue weighted by atomic mass is 9.99. The minimum absolute atomic E-state index is 0.143. The Morgan fingerprint density at radius 3 is 2.57 bits per heavy atom. The van der Waals surface area contributed by atoms with Crippen LogP contribution in [0.4, 0.5) is 0 Å². The Hall–Kier alpha value is -1.88. The van der Waals surface area contributed by atoms with E-state index in [-0.39, 0.29) is 23.7 Å². The van der Waals surface area contributed by atoms with Crippen molar-refractivity contribution in [3.8, 4) is 0 Å². The fourth-order valence-electron chi connectivity index (χ4n) is 2.18. The Morgan fingerprint density at radius 2 is 1.95 bits per heavy atom. The van der Waals surface area contributed by atoms with Crippen LogP contribution in [0, 0.1) is 5.92 Å². The number of carbonyl (C=O) groups is 2. The van der Waals surface area contributed by atoms with Gasteiger partial charge in [0.25, 0.3) is 0 Å². The summed E-state index contributed by atoms with van der Waals surface area (Å²) in [6.45, 7) is 1.72. The van der Waals surface area contributed by atoms with Crippen LogP contribution in [0.2, 0.25) is 0 Å². The quantitative estimate of drug-likeness (QED) is 0.555. The van der Waals surface area contributed by atoms with Crippen LogP contribution in [0.25, 0.3) is 0 Å². The lowest BCUT2D eigenvalue weighted by molar-refractivity contribution is -0.142. The third-order valence-electron chi connectivity index (χ3n) is 3.59. The molecule has 1 fully saturated rings. The van der Waals surface area contributed by atoms with E-state index in [0.29, 0.717) is 19.6 Å². The van der Waals surface area contributed by atoms with Gasteiger partial charge in [-0.05, 0) is 18.4 Å². The number of benzene rings is 1. The van der Waals surface area contributed by atoms with Gasteiger partial charge in [0.05, 0.1) is 13.0 Å². The number of hydrogen-bond acceptors (Lipinski definition) is 4. The number of rotatable bonds is 8. The summed E-state index contributed by atoms with van der Waals surface area (Å²) in [5.41, 5.74) is 0.930. The van der Waals surface area contributed by atoms with Gasteiger partial charge in [0.1, 0.15) is 0 Å². The van der Waals surface area contributed by atoms with Crippen molar-refractivity contribution in [2.24, 2.45) is 5.92 Å². The maximum absolute atomic E-state index is 11.9. The largest absolute Gasteiger partial charge is 0.469 e. The molecule has 1 unspecified atom stereocenters. The summed E-state index contributed by atoms with van der Waals surface area (Å²) < 4.78 is 4.85. The molecule has 21 heavy (non-hydrogen) atoms. The Labute approximate surface area is 125 Å². The molecule has 1 saturated carbocycles. The predicted octanol–water partition coefficient (Wildman–Crippen LogP) is 1.06. The van der Waals surface area contributed by atoms with Crippen molar-refractivity contribution in [1.29, 1.82) is 0 Å². The number of hydrogen-bond donors (Lipinski definition) is 2. The number of methoxy groups -OCH3 is 1. The van der Waals surface area contributed by atoms with Gasteiger partial charge in [0.15, 0.2) is 0 Å². The fraction of sp³-hybridized carbons (Fsp3) is 0.500. The first kappa shape index (κ1) is 15.5. The predicted molar refractivity (Wildman–Crippen MR) is 79.8 cm³/mol. The molecule has 114 valence electrons. The van der Waals surface area contributed by atoms with Gasteiger partial charge < -0.3 is 15.4 Å². The molecule has 5 heteroatoms. The number of esters is 1. The van der Waals surface area contributed by atoms with Gasteiger partial charge in [-0.25, -0.2) is 0 Å². The maximum atomic E-state index is 11.9. The topological polar surface area (TPSA) is 67.4 Å². The molecular formula is C16H22N2O3. The Kier molecular flexibility index (Phi) is 5.75. The standard InChI is InChI=1S/C16H22N2O3/c1-21-16(20)14(12-5-3-2-4-6-12)11-17-9-10-18-15(19)13-7-8-13/h2-6,13-14,17H,7-11H2,1H3,(H,18,19). The van der Waals surface area contributed by atoms with Crippen molar-refractivity contribution in [3.63, 3.8) is 0 Å². The lowest BCUT2D eigenvalue weighted by Crippen LogP contribution is -2.35. The van der Waals surface area contributed by atoms with Gasteiger partial charge in [0, 0.05) is 25.6 Å². The van der Waals surface area contributed by atoms with Crippen LogP contribution >= 0.6 is 0 Å². The molecule has 1 aliphatic carbocycles. The smallest absolute Gasteiger partial charge is 0.314 e. The second-order valence-corrected chi connectivity index (χ2v) is 5.26. The third-order valence-corrected chi connectivity index (χ3v) is 3.59. The Balaban J connectivity index is 1.74. The van der Waals surface area contributed by atoms with Gasteiger partial charge in [-0.1, -0.05) is 30.3 Å². The molecule has 0 heterocycles. The van der Waals surface area contributed by atoms with Crippen LogP contribution in [0.5, 0.6) is 0 Å². The monoisotopic (exact) mass is 290 g/mol. The Bertz CT molecular complexity index is 472. The molecule has 1 amide bonds. The minimum Gasteiger partial charge on any atom is -0.469 e. The first-order valence-electron chi connectivity index (χ1n) is 7.33. The molecule has 1 aromatic carbocycles. The average molecular weight is 290 g/mol. The lowest BCUT2D eigenvalue weighted by Gasteiger charge is -2.16. The minimum atomic E-state index is -0.324. The van der Waals surface area contributed by atoms with Gasteiger partial charge in [0.2, 0.25) is 5.91 Å². The highest BCUT2D eigenvalue weighted by molar-refractivity contribution is 5.80. The highest BCUT2D eigenvalue weighted by atomic mass is 16.5. The highest BCUT2D eigenvalue weighted by Gasteiger charge is 2.29. The fourth-order valence-corrected chi connectivity index (χ4v) is 2.18. The second kappa shape index (κ2) is 7.78. The van der Waals surface area contributed by atoms with Gasteiger partial charge in [-0.3, -0.25) is 9.59 Å². The zero-order valence-electron chi connectivity index (χ0n) is 12.3. The summed E-state index contributed by atoms with van der Waals surface area (Å²) >= 11 is 0. The van der Waals surface area contributed by atoms with Crippen molar-refractivity contribution in [3.05, 3.63) is 35.9 Å². The van der Waals surface area contributed by atoms with Crippen LogP contribution in [-0.4, -0.2) is 38.6 Å². The van der Waals surface area contributed by atoms with E-state index in [1.807, 2.05) is 30.3 Å². The number of carbonyl (C=O) groups excluding carboxylic acids is 2. The summed E-state index contributed by atoms with van der Waals surface area (Å²) in [5.74, 6) is -0.201.